The van der Waals surface area contributed by atoms with Gasteiger partial charge in [-0.25, -0.2) is 4.79 Å². The molecule has 2 amide bonds. The van der Waals surface area contributed by atoms with Crippen molar-refractivity contribution >= 4 is 23.5 Å². The summed E-state index contributed by atoms with van der Waals surface area (Å²) in [6.07, 6.45) is 3.01. The van der Waals surface area contributed by atoms with Crippen molar-refractivity contribution < 1.29 is 38.8 Å². The van der Waals surface area contributed by atoms with Gasteiger partial charge in [0.05, 0.1) is 18.8 Å². The molecule has 10 nitrogen and oxygen atoms in total. The second kappa shape index (κ2) is 14.9. The molecule has 3 rings (SSSR count). The smallest absolute Gasteiger partial charge is 0.316 e. The average Bonchev–Trinajstić information content (AvgIpc) is 3.16. The van der Waals surface area contributed by atoms with E-state index >= 15 is 0 Å². The number of primary amides is 1. The van der Waals surface area contributed by atoms with Gasteiger partial charge in [-0.1, -0.05) is 30.4 Å². The van der Waals surface area contributed by atoms with Crippen LogP contribution in [0.1, 0.15) is 32.1 Å². The van der Waals surface area contributed by atoms with E-state index in [0.717, 1.165) is 0 Å². The first-order valence-corrected chi connectivity index (χ1v) is 12.5. The molecule has 0 aromatic heterocycles. The molecule has 0 radical (unpaired) electrons. The van der Waals surface area contributed by atoms with E-state index in [1.54, 1.807) is 36.4 Å². The Kier molecular flexibility index (Phi) is 11.3. The second-order valence-electron chi connectivity index (χ2n) is 9.01. The average molecular weight is 527 g/mol. The lowest BCUT2D eigenvalue weighted by Crippen LogP contribution is -2.34. The van der Waals surface area contributed by atoms with E-state index < -0.39 is 30.3 Å². The number of esters is 1. The normalized spacial score (nSPS) is 19.8. The lowest BCUT2D eigenvalue weighted by Gasteiger charge is -2.22. The number of ketones is 1. The van der Waals surface area contributed by atoms with Crippen LogP contribution in [-0.4, -0.2) is 59.5 Å². The Balaban J connectivity index is 1.34. The van der Waals surface area contributed by atoms with E-state index in [1.807, 2.05) is 30.4 Å². The number of hydrogen-bond donors (Lipinski definition) is 4. The predicted molar refractivity (Wildman–Crippen MR) is 140 cm³/mol. The summed E-state index contributed by atoms with van der Waals surface area (Å²) in [4.78, 5) is 35.2. The van der Waals surface area contributed by atoms with Crippen LogP contribution < -0.4 is 20.5 Å². The van der Waals surface area contributed by atoms with Crippen molar-refractivity contribution in [1.82, 2.24) is 0 Å². The molecule has 2 aromatic rings. The number of unbranched alkanes of at least 4 members (excludes halogenated alkanes) is 1. The molecule has 38 heavy (non-hydrogen) atoms. The van der Waals surface area contributed by atoms with Crippen LogP contribution >= 0.6 is 0 Å². The first kappa shape index (κ1) is 28.8. The largest absolute Gasteiger partial charge is 0.491 e. The van der Waals surface area contributed by atoms with Crippen LogP contribution in [0, 0.1) is 5.92 Å². The number of Topliss-reactive ketones (excluding diaryl/α,β-unsaturated/α-hetero) is 1. The SMILES string of the molecule is NC(=O)Nc1ccc(OC(=O)CCC/C=C\C[C@H]2C(=O)C[C@@H](O)[C@@H]2OCC(O)COc2ccccc2)cc1. The molecule has 0 spiro atoms. The Bertz CT molecular complexity index is 1070. The van der Waals surface area contributed by atoms with Crippen molar-refractivity contribution in [3.63, 3.8) is 0 Å². The van der Waals surface area contributed by atoms with Gasteiger partial charge in [0.25, 0.3) is 0 Å². The number of hydrogen-bond acceptors (Lipinski definition) is 8. The topological polar surface area (TPSA) is 157 Å². The molecular weight excluding hydrogens is 492 g/mol. The predicted octanol–water partition coefficient (Wildman–Crippen LogP) is 2.97. The fourth-order valence-corrected chi connectivity index (χ4v) is 4.05. The summed E-state index contributed by atoms with van der Waals surface area (Å²) in [7, 11) is 0. The monoisotopic (exact) mass is 526 g/mol. The highest BCUT2D eigenvalue weighted by Gasteiger charge is 2.41. The summed E-state index contributed by atoms with van der Waals surface area (Å²) in [5.41, 5.74) is 5.55. The van der Waals surface area contributed by atoms with Gasteiger partial charge in [-0.2, -0.15) is 0 Å². The van der Waals surface area contributed by atoms with Gasteiger partial charge in [0.1, 0.15) is 30.0 Å². The maximum Gasteiger partial charge on any atom is 0.316 e. The number of aliphatic hydroxyl groups excluding tert-OH is 2. The first-order chi connectivity index (χ1) is 18.3. The van der Waals surface area contributed by atoms with Crippen LogP contribution in [0.3, 0.4) is 0 Å². The van der Waals surface area contributed by atoms with Gasteiger partial charge in [0, 0.05) is 24.4 Å². The quantitative estimate of drug-likeness (QED) is 0.127. The van der Waals surface area contributed by atoms with Crippen LogP contribution in [0.2, 0.25) is 0 Å². The number of benzene rings is 2. The van der Waals surface area contributed by atoms with E-state index in [1.165, 1.54) is 0 Å². The van der Waals surface area contributed by atoms with Gasteiger partial charge < -0.3 is 35.5 Å². The number of para-hydroxylation sites is 1. The molecule has 10 heteroatoms. The number of nitrogens with two attached hydrogens (primary N) is 1. The zero-order valence-electron chi connectivity index (χ0n) is 21.0. The van der Waals surface area contributed by atoms with Crippen LogP contribution in [-0.2, 0) is 14.3 Å². The third kappa shape index (κ3) is 9.62. The van der Waals surface area contributed by atoms with Crippen molar-refractivity contribution in [3.05, 3.63) is 66.7 Å². The number of carbonyl (C=O) groups excluding carboxylic acids is 3. The minimum absolute atomic E-state index is 0.0190. The number of amides is 2. The van der Waals surface area contributed by atoms with Gasteiger partial charge in [0.2, 0.25) is 0 Å². The number of urea groups is 1. The Morgan fingerprint density at radius 3 is 2.50 bits per heavy atom. The summed E-state index contributed by atoms with van der Waals surface area (Å²) in [5.74, 6) is 0.0310. The molecule has 5 N–H and O–H groups in total. The maximum atomic E-state index is 12.4. The summed E-state index contributed by atoms with van der Waals surface area (Å²) < 4.78 is 16.5. The minimum Gasteiger partial charge on any atom is -0.491 e. The molecular formula is C28H34N2O8. The van der Waals surface area contributed by atoms with Gasteiger partial charge in [0.15, 0.2) is 0 Å². The minimum atomic E-state index is -0.918. The molecule has 1 aliphatic rings. The number of allylic oxidation sites excluding steroid dienone is 2. The van der Waals surface area contributed by atoms with Crippen LogP contribution in [0.4, 0.5) is 10.5 Å². The van der Waals surface area contributed by atoms with Crippen LogP contribution in [0.25, 0.3) is 0 Å². The highest BCUT2D eigenvalue weighted by Crippen LogP contribution is 2.29. The Morgan fingerprint density at radius 2 is 1.79 bits per heavy atom. The highest BCUT2D eigenvalue weighted by molar-refractivity contribution is 5.87. The Labute approximate surface area is 221 Å². The lowest BCUT2D eigenvalue weighted by molar-refractivity contribution is -0.134. The van der Waals surface area contributed by atoms with Gasteiger partial charge in [-0.3, -0.25) is 9.59 Å². The van der Waals surface area contributed by atoms with Crippen molar-refractivity contribution in [2.45, 2.75) is 50.4 Å². The number of nitrogens with one attached hydrogen (secondary N) is 1. The first-order valence-electron chi connectivity index (χ1n) is 12.5. The summed E-state index contributed by atoms with van der Waals surface area (Å²) >= 11 is 0. The number of rotatable bonds is 14. The Hall–Kier alpha value is -3.73. The standard InChI is InChI=1S/C28H34N2O8/c29-28(35)30-19-12-14-22(15-13-19)38-26(34)11-7-2-1-6-10-23-24(32)16-25(33)27(23)37-18-20(31)17-36-21-8-4-3-5-9-21/h1,3-6,8-9,12-15,20,23,25,27,31,33H,2,7,10-11,16-18H2,(H3,29,30,35)/b6-1-/t20?,23-,25+,27+/m0/s1. The molecule has 2 aromatic carbocycles. The fourth-order valence-electron chi connectivity index (χ4n) is 4.05. The molecule has 1 unspecified atom stereocenters. The molecule has 0 saturated heterocycles. The third-order valence-electron chi connectivity index (χ3n) is 5.93. The fraction of sp³-hybridized carbons (Fsp3) is 0.393. The number of anilines is 1. The zero-order valence-corrected chi connectivity index (χ0v) is 21.0. The third-order valence-corrected chi connectivity index (χ3v) is 5.93. The van der Waals surface area contributed by atoms with Crippen molar-refractivity contribution in [2.24, 2.45) is 11.7 Å². The Morgan fingerprint density at radius 1 is 1.05 bits per heavy atom. The van der Waals surface area contributed by atoms with E-state index in [0.29, 0.717) is 36.4 Å². The van der Waals surface area contributed by atoms with E-state index in [9.17, 15) is 24.6 Å². The van der Waals surface area contributed by atoms with E-state index in [4.69, 9.17) is 19.9 Å². The molecule has 0 heterocycles. The summed E-state index contributed by atoms with van der Waals surface area (Å²) in [5, 5.41) is 22.9. The van der Waals surface area contributed by atoms with E-state index in [2.05, 4.69) is 5.32 Å². The molecule has 0 aliphatic heterocycles. The molecule has 1 aliphatic carbocycles. The van der Waals surface area contributed by atoms with Crippen LogP contribution in [0.15, 0.2) is 66.7 Å². The van der Waals surface area contributed by atoms with Crippen molar-refractivity contribution in [1.29, 1.82) is 0 Å². The summed E-state index contributed by atoms with van der Waals surface area (Å²) in [6.45, 7) is -0.0276. The zero-order chi connectivity index (χ0) is 27.3. The van der Waals surface area contributed by atoms with Crippen molar-refractivity contribution in [3.8, 4) is 11.5 Å². The number of aliphatic hydroxyl groups is 2. The molecule has 1 saturated carbocycles. The molecule has 1 fully saturated rings. The molecule has 4 atom stereocenters. The lowest BCUT2D eigenvalue weighted by atomic mass is 9.99. The van der Waals surface area contributed by atoms with Gasteiger partial charge >= 0.3 is 12.0 Å². The second-order valence-corrected chi connectivity index (χ2v) is 9.01. The van der Waals surface area contributed by atoms with Gasteiger partial charge in [-0.05, 0) is 55.7 Å². The summed E-state index contributed by atoms with van der Waals surface area (Å²) in [6, 6.07) is 14.7. The number of carbonyl (C=O) groups is 3. The van der Waals surface area contributed by atoms with Gasteiger partial charge in [-0.15, -0.1) is 0 Å². The maximum absolute atomic E-state index is 12.4. The van der Waals surface area contributed by atoms with Crippen molar-refractivity contribution in [2.75, 3.05) is 18.5 Å². The van der Waals surface area contributed by atoms with E-state index in [-0.39, 0.29) is 37.8 Å². The number of ether oxygens (including phenoxy) is 3. The highest BCUT2D eigenvalue weighted by atomic mass is 16.5. The van der Waals surface area contributed by atoms with Crippen LogP contribution in [0.5, 0.6) is 11.5 Å². The molecule has 0 bridgehead atoms. The molecule has 204 valence electrons.